The highest BCUT2D eigenvalue weighted by molar-refractivity contribution is 6.31. The van der Waals surface area contributed by atoms with E-state index in [1.54, 1.807) is 13.1 Å². The predicted molar refractivity (Wildman–Crippen MR) is 54.3 cm³/mol. The van der Waals surface area contributed by atoms with Gasteiger partial charge in [0, 0.05) is 12.4 Å². The fraction of sp³-hybridized carbons (Fsp3) is 0.400. The number of rotatable bonds is 3. The molecule has 0 aliphatic rings. The lowest BCUT2D eigenvalue weighted by atomic mass is 10.1. The third-order valence-electron chi connectivity index (χ3n) is 1.85. The molecule has 1 aromatic heterocycles. The van der Waals surface area contributed by atoms with Crippen LogP contribution in [0, 0.1) is 6.92 Å². The Morgan fingerprint density at radius 1 is 1.57 bits per heavy atom. The smallest absolute Gasteiger partial charge is 0.310 e. The van der Waals surface area contributed by atoms with Crippen molar-refractivity contribution in [3.05, 3.63) is 28.5 Å². The van der Waals surface area contributed by atoms with E-state index in [1.807, 2.05) is 6.92 Å². The van der Waals surface area contributed by atoms with Gasteiger partial charge in [-0.15, -0.1) is 0 Å². The summed E-state index contributed by atoms with van der Waals surface area (Å²) < 4.78 is 4.84. The summed E-state index contributed by atoms with van der Waals surface area (Å²) >= 11 is 5.90. The first-order valence-electron chi connectivity index (χ1n) is 4.39. The van der Waals surface area contributed by atoms with Crippen LogP contribution < -0.4 is 0 Å². The summed E-state index contributed by atoms with van der Waals surface area (Å²) in [6, 6.07) is 0. The largest absolute Gasteiger partial charge is 0.466 e. The summed E-state index contributed by atoms with van der Waals surface area (Å²) in [5, 5.41) is 0.512. The van der Waals surface area contributed by atoms with E-state index >= 15 is 0 Å². The second kappa shape index (κ2) is 4.96. The summed E-state index contributed by atoms with van der Waals surface area (Å²) in [7, 11) is 0. The zero-order valence-corrected chi connectivity index (χ0v) is 8.97. The van der Waals surface area contributed by atoms with Crippen LogP contribution in [0.1, 0.15) is 18.1 Å². The van der Waals surface area contributed by atoms with E-state index in [0.29, 0.717) is 11.6 Å². The SMILES string of the molecule is CCOC(=O)Cc1c(C)cncc1Cl. The molecule has 0 unspecified atom stereocenters. The molecule has 0 spiro atoms. The molecule has 1 rings (SSSR count). The third-order valence-corrected chi connectivity index (χ3v) is 2.17. The molecule has 0 saturated heterocycles. The molecule has 76 valence electrons. The van der Waals surface area contributed by atoms with Crippen molar-refractivity contribution in [3.8, 4) is 0 Å². The molecule has 1 heterocycles. The number of carbonyl (C=O) groups is 1. The Bertz CT molecular complexity index is 319. The average molecular weight is 214 g/mol. The Morgan fingerprint density at radius 3 is 2.86 bits per heavy atom. The van der Waals surface area contributed by atoms with E-state index < -0.39 is 0 Å². The summed E-state index contributed by atoms with van der Waals surface area (Å²) in [4.78, 5) is 15.1. The van der Waals surface area contributed by atoms with Crippen LogP contribution in [-0.4, -0.2) is 17.6 Å². The standard InChI is InChI=1S/C10H12ClNO2/c1-3-14-10(13)4-8-7(2)5-12-6-9(8)11/h5-6H,3-4H2,1-2H3. The molecule has 4 heteroatoms. The summed E-state index contributed by atoms with van der Waals surface area (Å²) in [6.45, 7) is 4.03. The first kappa shape index (κ1) is 11.0. The lowest BCUT2D eigenvalue weighted by Gasteiger charge is -2.06. The number of nitrogens with zero attached hydrogens (tertiary/aromatic N) is 1. The fourth-order valence-electron chi connectivity index (χ4n) is 1.14. The number of carbonyl (C=O) groups excluding carboxylic acids is 1. The van der Waals surface area contributed by atoms with Crippen LogP contribution in [0.25, 0.3) is 0 Å². The Morgan fingerprint density at radius 2 is 2.29 bits per heavy atom. The Kier molecular flexibility index (Phi) is 3.89. The van der Waals surface area contributed by atoms with Gasteiger partial charge in [0.25, 0.3) is 0 Å². The van der Waals surface area contributed by atoms with Crippen LogP contribution in [-0.2, 0) is 16.0 Å². The highest BCUT2D eigenvalue weighted by Gasteiger charge is 2.10. The second-order valence-electron chi connectivity index (χ2n) is 2.90. The maximum Gasteiger partial charge on any atom is 0.310 e. The minimum atomic E-state index is -0.260. The quantitative estimate of drug-likeness (QED) is 0.723. The van der Waals surface area contributed by atoms with Crippen LogP contribution in [0.2, 0.25) is 5.02 Å². The number of pyridine rings is 1. The van der Waals surface area contributed by atoms with Crippen LogP contribution in [0.5, 0.6) is 0 Å². The Hall–Kier alpha value is -1.09. The number of hydrogen-bond acceptors (Lipinski definition) is 3. The Balaban J connectivity index is 2.80. The van der Waals surface area contributed by atoms with Gasteiger partial charge < -0.3 is 4.74 Å². The monoisotopic (exact) mass is 213 g/mol. The van der Waals surface area contributed by atoms with Crippen molar-refractivity contribution in [3.63, 3.8) is 0 Å². The maximum atomic E-state index is 11.2. The predicted octanol–water partition coefficient (Wildman–Crippen LogP) is 2.15. The van der Waals surface area contributed by atoms with Crippen LogP contribution in [0.4, 0.5) is 0 Å². The average Bonchev–Trinajstić information content (AvgIpc) is 2.12. The van der Waals surface area contributed by atoms with Gasteiger partial charge in [0.15, 0.2) is 0 Å². The highest BCUT2D eigenvalue weighted by Crippen LogP contribution is 2.18. The van der Waals surface area contributed by atoms with E-state index in [9.17, 15) is 4.79 Å². The molecule has 0 radical (unpaired) electrons. The van der Waals surface area contributed by atoms with Gasteiger partial charge in [-0.1, -0.05) is 11.6 Å². The summed E-state index contributed by atoms with van der Waals surface area (Å²) in [6.07, 6.45) is 3.42. The van der Waals surface area contributed by atoms with Gasteiger partial charge in [-0.05, 0) is 25.0 Å². The van der Waals surface area contributed by atoms with Crippen molar-refractivity contribution in [1.82, 2.24) is 4.98 Å². The lowest BCUT2D eigenvalue weighted by molar-refractivity contribution is -0.142. The molecule has 0 saturated carbocycles. The van der Waals surface area contributed by atoms with Crippen molar-refractivity contribution in [2.24, 2.45) is 0 Å². The molecule has 0 bridgehead atoms. The van der Waals surface area contributed by atoms with Crippen molar-refractivity contribution < 1.29 is 9.53 Å². The van der Waals surface area contributed by atoms with Gasteiger partial charge in [-0.3, -0.25) is 9.78 Å². The van der Waals surface area contributed by atoms with Gasteiger partial charge in [0.2, 0.25) is 0 Å². The van der Waals surface area contributed by atoms with E-state index in [-0.39, 0.29) is 12.4 Å². The number of esters is 1. The van der Waals surface area contributed by atoms with Crippen LogP contribution in [0.15, 0.2) is 12.4 Å². The molecule has 0 aromatic carbocycles. The summed E-state index contributed by atoms with van der Waals surface area (Å²) in [5.41, 5.74) is 1.70. The molecule has 0 aliphatic heterocycles. The first-order valence-corrected chi connectivity index (χ1v) is 4.77. The van der Waals surface area contributed by atoms with Gasteiger partial charge in [0.05, 0.1) is 18.1 Å². The molecule has 14 heavy (non-hydrogen) atoms. The minimum absolute atomic E-state index is 0.209. The topological polar surface area (TPSA) is 39.2 Å². The molecule has 0 fully saturated rings. The number of aryl methyl sites for hydroxylation is 1. The normalized spacial score (nSPS) is 9.93. The van der Waals surface area contributed by atoms with Crippen molar-refractivity contribution in [2.45, 2.75) is 20.3 Å². The van der Waals surface area contributed by atoms with Gasteiger partial charge >= 0.3 is 5.97 Å². The van der Waals surface area contributed by atoms with E-state index in [4.69, 9.17) is 16.3 Å². The third kappa shape index (κ3) is 2.70. The number of aromatic nitrogens is 1. The second-order valence-corrected chi connectivity index (χ2v) is 3.31. The fourth-order valence-corrected chi connectivity index (χ4v) is 1.41. The molecule has 0 N–H and O–H groups in total. The first-order chi connectivity index (χ1) is 6.65. The highest BCUT2D eigenvalue weighted by atomic mass is 35.5. The Labute approximate surface area is 88.1 Å². The zero-order chi connectivity index (χ0) is 10.6. The van der Waals surface area contributed by atoms with Crippen molar-refractivity contribution in [2.75, 3.05) is 6.61 Å². The van der Waals surface area contributed by atoms with E-state index in [2.05, 4.69) is 4.98 Å². The molecular weight excluding hydrogens is 202 g/mol. The molecule has 1 aromatic rings. The van der Waals surface area contributed by atoms with Gasteiger partial charge in [-0.2, -0.15) is 0 Å². The zero-order valence-electron chi connectivity index (χ0n) is 8.21. The van der Waals surface area contributed by atoms with Crippen LogP contribution in [0.3, 0.4) is 0 Å². The maximum absolute atomic E-state index is 11.2. The molecule has 0 atom stereocenters. The number of ether oxygens (including phenoxy) is 1. The van der Waals surface area contributed by atoms with Crippen molar-refractivity contribution in [1.29, 1.82) is 0 Å². The van der Waals surface area contributed by atoms with Gasteiger partial charge in [0.1, 0.15) is 0 Å². The minimum Gasteiger partial charge on any atom is -0.466 e. The van der Waals surface area contributed by atoms with Crippen molar-refractivity contribution >= 4 is 17.6 Å². The number of halogens is 1. The summed E-state index contributed by atoms with van der Waals surface area (Å²) in [5.74, 6) is -0.260. The van der Waals surface area contributed by atoms with Gasteiger partial charge in [-0.25, -0.2) is 0 Å². The van der Waals surface area contributed by atoms with Crippen LogP contribution >= 0.6 is 11.6 Å². The molecule has 0 aliphatic carbocycles. The molecular formula is C10H12ClNO2. The lowest BCUT2D eigenvalue weighted by Crippen LogP contribution is -2.09. The van der Waals surface area contributed by atoms with E-state index in [0.717, 1.165) is 11.1 Å². The molecule has 3 nitrogen and oxygen atoms in total. The molecule has 0 amide bonds. The van der Waals surface area contributed by atoms with E-state index in [1.165, 1.54) is 6.20 Å². The number of hydrogen-bond donors (Lipinski definition) is 0.